The minimum Gasteiger partial charge on any atom is -0.664 e. The minimum absolute atomic E-state index is 0. The van der Waals surface area contributed by atoms with E-state index in [1.54, 1.807) is 48.6 Å². The number of hydrogen-bond donors (Lipinski definition) is 4. The average Bonchev–Trinajstić information content (AvgIpc) is 2.59. The van der Waals surface area contributed by atoms with Gasteiger partial charge in [-0.15, -0.1) is 0 Å². The Labute approximate surface area is 163 Å². The third-order valence-electron chi connectivity index (χ3n) is 3.43. The summed E-state index contributed by atoms with van der Waals surface area (Å²) in [6.07, 6.45) is 6.48. The van der Waals surface area contributed by atoms with Crippen molar-refractivity contribution in [3.8, 4) is 11.5 Å². The van der Waals surface area contributed by atoms with E-state index in [1.807, 2.05) is 12.1 Å². The molecule has 0 aliphatic carbocycles. The second kappa shape index (κ2) is 10.9. The van der Waals surface area contributed by atoms with Gasteiger partial charge in [-0.25, -0.2) is 0 Å². The maximum absolute atomic E-state index is 9.91. The molecule has 5 nitrogen and oxygen atoms in total. The molecule has 0 aliphatic rings. The number of hydrogen-bond acceptors (Lipinski definition) is 4. The van der Waals surface area contributed by atoms with Crippen molar-refractivity contribution in [1.29, 1.82) is 10.8 Å². The molecule has 0 saturated heterocycles. The molecule has 0 spiro atoms. The van der Waals surface area contributed by atoms with Gasteiger partial charge < -0.3 is 26.3 Å². The molecule has 0 fully saturated rings. The van der Waals surface area contributed by atoms with Gasteiger partial charge in [0, 0.05) is 27.6 Å². The molecule has 0 saturated carbocycles. The van der Waals surface area contributed by atoms with Gasteiger partial charge in [-0.2, -0.15) is 11.4 Å². The molecule has 0 unspecified atom stereocenters. The van der Waals surface area contributed by atoms with Crippen LogP contribution < -0.4 is 0 Å². The van der Waals surface area contributed by atoms with Gasteiger partial charge in [0.1, 0.15) is 11.5 Å². The number of para-hydroxylation sites is 2. The molecule has 2 rings (SSSR count). The SMILES string of the molecule is N=CCC(=Cc1ccccc1O)[N-]C(=Cc1ccccc1O)CC=N.[Ni]. The van der Waals surface area contributed by atoms with Crippen LogP contribution in [0.25, 0.3) is 17.5 Å². The molecule has 0 radical (unpaired) electrons. The molecule has 26 heavy (non-hydrogen) atoms. The topological polar surface area (TPSA) is 102 Å². The first kappa shape index (κ1) is 21.2. The van der Waals surface area contributed by atoms with Crippen molar-refractivity contribution in [3.05, 3.63) is 76.4 Å². The third-order valence-corrected chi connectivity index (χ3v) is 3.43. The van der Waals surface area contributed by atoms with Crippen LogP contribution in [0.15, 0.2) is 59.9 Å². The summed E-state index contributed by atoms with van der Waals surface area (Å²) in [5.41, 5.74) is 2.39. The zero-order valence-corrected chi connectivity index (χ0v) is 15.0. The Balaban J connectivity index is 0.00000338. The number of nitrogens with zero attached hydrogens (tertiary/aromatic N) is 1. The molecule has 0 aliphatic heterocycles. The fraction of sp³-hybridized carbons (Fsp3) is 0.100. The summed E-state index contributed by atoms with van der Waals surface area (Å²) in [4.78, 5) is 0. The molecule has 0 amide bonds. The normalized spacial score (nSPS) is 11.4. The smallest absolute Gasteiger partial charge is 0.122 e. The number of phenolic OH excluding ortho intramolecular Hbond substituents is 2. The van der Waals surface area contributed by atoms with Crippen LogP contribution in [0.3, 0.4) is 0 Å². The van der Waals surface area contributed by atoms with Gasteiger partial charge in [0.25, 0.3) is 0 Å². The molecule has 0 heterocycles. The van der Waals surface area contributed by atoms with Crippen LogP contribution in [-0.2, 0) is 16.5 Å². The first-order valence-corrected chi connectivity index (χ1v) is 7.80. The van der Waals surface area contributed by atoms with Crippen LogP contribution in [0.1, 0.15) is 24.0 Å². The average molecular weight is 393 g/mol. The predicted molar refractivity (Wildman–Crippen MR) is 102 cm³/mol. The fourth-order valence-corrected chi connectivity index (χ4v) is 2.25. The fourth-order valence-electron chi connectivity index (χ4n) is 2.25. The van der Waals surface area contributed by atoms with Gasteiger partial charge in [-0.3, -0.25) is 0 Å². The summed E-state index contributed by atoms with van der Waals surface area (Å²) < 4.78 is 0. The molecular weight excluding hydrogens is 373 g/mol. The quantitative estimate of drug-likeness (QED) is 0.378. The second-order valence-corrected chi connectivity index (χ2v) is 5.32. The summed E-state index contributed by atoms with van der Waals surface area (Å²) in [5, 5.41) is 39.1. The van der Waals surface area contributed by atoms with E-state index >= 15 is 0 Å². The molecular formula is C20H20N3NiO2-. The Morgan fingerprint density at radius 3 is 1.50 bits per heavy atom. The number of allylic oxidation sites excluding steroid dienone is 2. The van der Waals surface area contributed by atoms with Crippen LogP contribution in [0.5, 0.6) is 11.5 Å². The maximum Gasteiger partial charge on any atom is 0.122 e. The minimum atomic E-state index is 0. The van der Waals surface area contributed by atoms with Crippen LogP contribution in [0.4, 0.5) is 0 Å². The molecule has 138 valence electrons. The molecule has 6 heteroatoms. The summed E-state index contributed by atoms with van der Waals surface area (Å²) in [5.74, 6) is 0.275. The summed E-state index contributed by atoms with van der Waals surface area (Å²) in [7, 11) is 0. The summed E-state index contributed by atoms with van der Waals surface area (Å²) >= 11 is 0. The van der Waals surface area contributed by atoms with Crippen molar-refractivity contribution in [2.24, 2.45) is 0 Å². The van der Waals surface area contributed by atoms with E-state index < -0.39 is 0 Å². The molecule has 0 bridgehead atoms. The Morgan fingerprint density at radius 1 is 0.769 bits per heavy atom. The van der Waals surface area contributed by atoms with E-state index in [0.29, 0.717) is 35.4 Å². The molecule has 2 aromatic carbocycles. The van der Waals surface area contributed by atoms with Crippen molar-refractivity contribution in [2.75, 3.05) is 0 Å². The molecule has 4 N–H and O–H groups in total. The van der Waals surface area contributed by atoms with Crippen LogP contribution >= 0.6 is 0 Å². The van der Waals surface area contributed by atoms with Gasteiger partial charge in [0.2, 0.25) is 0 Å². The van der Waals surface area contributed by atoms with E-state index in [2.05, 4.69) is 5.32 Å². The molecule has 2 aromatic rings. The zero-order valence-electron chi connectivity index (χ0n) is 14.0. The number of rotatable bonds is 8. The third kappa shape index (κ3) is 6.22. The van der Waals surface area contributed by atoms with E-state index in [-0.39, 0.29) is 28.0 Å². The Kier molecular flexibility index (Phi) is 8.89. The van der Waals surface area contributed by atoms with E-state index in [4.69, 9.17) is 10.8 Å². The van der Waals surface area contributed by atoms with Crippen molar-refractivity contribution in [2.45, 2.75) is 12.8 Å². The Hall–Kier alpha value is -2.85. The van der Waals surface area contributed by atoms with E-state index in [0.717, 1.165) is 0 Å². The van der Waals surface area contributed by atoms with Crippen molar-refractivity contribution in [1.82, 2.24) is 0 Å². The summed E-state index contributed by atoms with van der Waals surface area (Å²) in [6.45, 7) is 0. The first-order chi connectivity index (χ1) is 12.1. The Morgan fingerprint density at radius 2 is 1.15 bits per heavy atom. The first-order valence-electron chi connectivity index (χ1n) is 7.80. The van der Waals surface area contributed by atoms with Gasteiger partial charge in [0.15, 0.2) is 0 Å². The zero-order chi connectivity index (χ0) is 18.1. The largest absolute Gasteiger partial charge is 0.664 e. The van der Waals surface area contributed by atoms with E-state index in [1.165, 1.54) is 12.4 Å². The van der Waals surface area contributed by atoms with Gasteiger partial charge in [0.05, 0.1) is 0 Å². The number of nitrogens with one attached hydrogen (secondary N) is 2. The van der Waals surface area contributed by atoms with Crippen molar-refractivity contribution in [3.63, 3.8) is 0 Å². The number of phenols is 2. The van der Waals surface area contributed by atoms with Gasteiger partial charge in [-0.05, 0) is 37.4 Å². The molecule has 0 atom stereocenters. The second-order valence-electron chi connectivity index (χ2n) is 5.32. The van der Waals surface area contributed by atoms with Crippen molar-refractivity contribution < 1.29 is 26.7 Å². The number of benzene rings is 2. The van der Waals surface area contributed by atoms with Gasteiger partial charge in [-0.1, -0.05) is 48.6 Å². The van der Waals surface area contributed by atoms with Crippen LogP contribution in [0.2, 0.25) is 0 Å². The predicted octanol–water partition coefficient (Wildman–Crippen LogP) is 4.93. The standard InChI is InChI=1S/C20H20N3O2.Ni/c21-11-9-17(13-15-5-1-3-7-19(15)24)23-18(10-12-22)14-16-6-2-4-8-20(16)25;/h1-8,11-14,21-22,24-25H,9-10H2;/q-1;. The Bertz CT molecular complexity index is 749. The van der Waals surface area contributed by atoms with Crippen LogP contribution in [0, 0.1) is 10.8 Å². The van der Waals surface area contributed by atoms with Crippen molar-refractivity contribution >= 4 is 24.6 Å². The van der Waals surface area contributed by atoms with E-state index in [9.17, 15) is 10.2 Å². The van der Waals surface area contributed by atoms with Crippen LogP contribution in [-0.4, -0.2) is 22.6 Å². The monoisotopic (exact) mass is 392 g/mol. The number of aromatic hydroxyl groups is 2. The summed E-state index contributed by atoms with van der Waals surface area (Å²) in [6, 6.07) is 13.8. The van der Waals surface area contributed by atoms with Gasteiger partial charge >= 0.3 is 0 Å². The maximum atomic E-state index is 9.91. The molecule has 0 aromatic heterocycles.